The van der Waals surface area contributed by atoms with E-state index in [9.17, 15) is 18.0 Å². The number of nitrogens with zero attached hydrogens (tertiary/aromatic N) is 4. The van der Waals surface area contributed by atoms with Crippen molar-refractivity contribution in [2.24, 2.45) is 7.05 Å². The van der Waals surface area contributed by atoms with E-state index in [4.69, 9.17) is 0 Å². The molecular formula is C21H21F3N6O2S. The van der Waals surface area contributed by atoms with E-state index >= 15 is 0 Å². The van der Waals surface area contributed by atoms with Crippen molar-refractivity contribution in [3.05, 3.63) is 42.0 Å². The van der Waals surface area contributed by atoms with Crippen LogP contribution >= 0.6 is 11.3 Å². The number of amides is 1. The van der Waals surface area contributed by atoms with Crippen LogP contribution in [0.1, 0.15) is 10.4 Å². The molecule has 33 heavy (non-hydrogen) atoms. The number of thiazole rings is 1. The Kier molecular flexibility index (Phi) is 6.13. The van der Waals surface area contributed by atoms with Gasteiger partial charge in [-0.15, -0.1) is 13.2 Å². The molecular weight excluding hydrogens is 457 g/mol. The SMILES string of the molecule is CN(C)CCNC(=O)c1ccc2c(c1)nc(Nc1nc3ccc(OC(F)(F)F)cc3s1)n2C. The van der Waals surface area contributed by atoms with Gasteiger partial charge in [0.2, 0.25) is 5.95 Å². The molecule has 0 radical (unpaired) electrons. The molecule has 0 unspecified atom stereocenters. The first-order chi connectivity index (χ1) is 15.6. The Hall–Kier alpha value is -3.38. The van der Waals surface area contributed by atoms with Gasteiger partial charge in [0.25, 0.3) is 5.91 Å². The molecule has 1 amide bonds. The first kappa shape index (κ1) is 22.8. The number of benzene rings is 2. The molecule has 0 aliphatic rings. The summed E-state index contributed by atoms with van der Waals surface area (Å²) in [7, 11) is 5.68. The van der Waals surface area contributed by atoms with E-state index in [1.165, 1.54) is 29.5 Å². The van der Waals surface area contributed by atoms with Gasteiger partial charge in [0.15, 0.2) is 5.13 Å². The summed E-state index contributed by atoms with van der Waals surface area (Å²) >= 11 is 1.18. The molecule has 0 atom stereocenters. The molecule has 0 spiro atoms. The van der Waals surface area contributed by atoms with Crippen molar-refractivity contribution in [1.29, 1.82) is 0 Å². The molecule has 0 bridgehead atoms. The van der Waals surface area contributed by atoms with Crippen molar-refractivity contribution in [3.63, 3.8) is 0 Å². The van der Waals surface area contributed by atoms with E-state index in [2.05, 4.69) is 25.3 Å². The third-order valence-corrected chi connectivity index (χ3v) is 5.73. The summed E-state index contributed by atoms with van der Waals surface area (Å²) in [5.74, 6) is 0.00673. The molecule has 4 aromatic rings. The number of hydrogen-bond acceptors (Lipinski definition) is 7. The minimum Gasteiger partial charge on any atom is -0.406 e. The molecule has 4 rings (SSSR count). The van der Waals surface area contributed by atoms with Crippen LogP contribution in [0, 0.1) is 0 Å². The fourth-order valence-corrected chi connectivity index (χ4v) is 4.09. The van der Waals surface area contributed by atoms with Crippen molar-refractivity contribution in [1.82, 2.24) is 24.8 Å². The number of nitrogens with one attached hydrogen (secondary N) is 2. The molecule has 12 heteroatoms. The number of likely N-dealkylation sites (N-methyl/N-ethyl adjacent to an activating group) is 1. The summed E-state index contributed by atoms with van der Waals surface area (Å²) in [4.78, 5) is 23.3. The van der Waals surface area contributed by atoms with Gasteiger partial charge in [-0.25, -0.2) is 9.97 Å². The van der Waals surface area contributed by atoms with Gasteiger partial charge in [0, 0.05) is 31.8 Å². The standard InChI is InChI=1S/C21H21F3N6O2S/c1-29(2)9-8-25-18(31)12-4-7-16-15(10-12)26-19(30(16)3)28-20-27-14-6-5-13(11-17(14)33-20)32-21(22,23)24/h4-7,10-11H,8-9H2,1-3H3,(H,25,31)(H,26,27,28). The zero-order valence-corrected chi connectivity index (χ0v) is 18.8. The Morgan fingerprint density at radius 3 is 2.67 bits per heavy atom. The molecule has 2 aromatic heterocycles. The van der Waals surface area contributed by atoms with Crippen LogP contribution in [0.2, 0.25) is 0 Å². The van der Waals surface area contributed by atoms with Gasteiger partial charge in [-0.1, -0.05) is 11.3 Å². The minimum atomic E-state index is -4.76. The number of aryl methyl sites for hydroxylation is 1. The first-order valence-electron chi connectivity index (χ1n) is 9.92. The van der Waals surface area contributed by atoms with Gasteiger partial charge in [0.05, 0.1) is 21.3 Å². The second-order valence-corrected chi connectivity index (χ2v) is 8.61. The predicted molar refractivity (Wildman–Crippen MR) is 121 cm³/mol. The van der Waals surface area contributed by atoms with Gasteiger partial charge in [-0.2, -0.15) is 0 Å². The van der Waals surface area contributed by atoms with Crippen LogP contribution < -0.4 is 15.4 Å². The highest BCUT2D eigenvalue weighted by Gasteiger charge is 2.31. The van der Waals surface area contributed by atoms with Gasteiger partial charge in [-0.3, -0.25) is 4.79 Å². The Bertz CT molecular complexity index is 1310. The quantitative estimate of drug-likeness (QED) is 0.416. The number of anilines is 2. The summed E-state index contributed by atoms with van der Waals surface area (Å²) in [5.41, 5.74) is 2.47. The lowest BCUT2D eigenvalue weighted by molar-refractivity contribution is -0.274. The Morgan fingerprint density at radius 2 is 1.94 bits per heavy atom. The van der Waals surface area contributed by atoms with E-state index in [1.807, 2.05) is 36.7 Å². The zero-order chi connectivity index (χ0) is 23.8. The van der Waals surface area contributed by atoms with E-state index in [1.54, 1.807) is 12.1 Å². The van der Waals surface area contributed by atoms with Crippen LogP contribution in [-0.2, 0) is 7.05 Å². The second kappa shape index (κ2) is 8.87. The van der Waals surface area contributed by atoms with Crippen LogP contribution in [0.15, 0.2) is 36.4 Å². The van der Waals surface area contributed by atoms with Crippen molar-refractivity contribution in [2.45, 2.75) is 6.36 Å². The van der Waals surface area contributed by atoms with E-state index in [-0.39, 0.29) is 11.7 Å². The number of hydrogen-bond donors (Lipinski definition) is 2. The van der Waals surface area contributed by atoms with Crippen molar-refractivity contribution < 1.29 is 22.7 Å². The van der Waals surface area contributed by atoms with Crippen LogP contribution in [0.5, 0.6) is 5.75 Å². The maximum Gasteiger partial charge on any atom is 0.573 e. The number of ether oxygens (including phenoxy) is 1. The molecule has 0 fully saturated rings. The van der Waals surface area contributed by atoms with E-state index < -0.39 is 6.36 Å². The number of carbonyl (C=O) groups excluding carboxylic acids is 1. The smallest absolute Gasteiger partial charge is 0.406 e. The molecule has 2 N–H and O–H groups in total. The third kappa shape index (κ3) is 5.34. The normalized spacial score (nSPS) is 12.0. The number of fused-ring (bicyclic) bond motifs is 2. The summed E-state index contributed by atoms with van der Waals surface area (Å²) in [5, 5.41) is 6.44. The summed E-state index contributed by atoms with van der Waals surface area (Å²) < 4.78 is 43.7. The Morgan fingerprint density at radius 1 is 1.15 bits per heavy atom. The van der Waals surface area contributed by atoms with Gasteiger partial charge in [0.1, 0.15) is 5.75 Å². The van der Waals surface area contributed by atoms with Gasteiger partial charge in [-0.05, 0) is 44.4 Å². The number of halogens is 3. The van der Waals surface area contributed by atoms with Crippen LogP contribution in [-0.4, -0.2) is 58.9 Å². The minimum absolute atomic E-state index is 0.179. The van der Waals surface area contributed by atoms with E-state index in [0.29, 0.717) is 38.9 Å². The van der Waals surface area contributed by atoms with Crippen LogP contribution in [0.4, 0.5) is 24.3 Å². The molecule has 2 aromatic carbocycles. The largest absolute Gasteiger partial charge is 0.573 e. The van der Waals surface area contributed by atoms with Crippen LogP contribution in [0.3, 0.4) is 0 Å². The molecule has 0 saturated carbocycles. The average molecular weight is 479 g/mol. The molecule has 0 aliphatic heterocycles. The maximum absolute atomic E-state index is 12.5. The molecule has 0 saturated heterocycles. The zero-order valence-electron chi connectivity index (χ0n) is 18.0. The molecule has 0 aliphatic carbocycles. The topological polar surface area (TPSA) is 84.3 Å². The highest BCUT2D eigenvalue weighted by atomic mass is 32.1. The maximum atomic E-state index is 12.5. The number of rotatable bonds is 7. The Balaban J connectivity index is 1.54. The van der Waals surface area contributed by atoms with Crippen molar-refractivity contribution >= 4 is 49.6 Å². The lowest BCUT2D eigenvalue weighted by Crippen LogP contribution is -2.31. The lowest BCUT2D eigenvalue weighted by atomic mass is 10.2. The number of imidazole rings is 1. The monoisotopic (exact) mass is 478 g/mol. The molecule has 8 nitrogen and oxygen atoms in total. The van der Waals surface area contributed by atoms with Crippen molar-refractivity contribution in [2.75, 3.05) is 32.5 Å². The highest BCUT2D eigenvalue weighted by molar-refractivity contribution is 7.22. The van der Waals surface area contributed by atoms with Crippen molar-refractivity contribution in [3.8, 4) is 5.75 Å². The predicted octanol–water partition coefficient (Wildman–Crippen LogP) is 4.12. The van der Waals surface area contributed by atoms with Gasteiger partial charge < -0.3 is 24.8 Å². The average Bonchev–Trinajstić information content (AvgIpc) is 3.26. The number of carbonyl (C=O) groups is 1. The first-order valence-corrected chi connectivity index (χ1v) is 10.7. The summed E-state index contributed by atoms with van der Waals surface area (Å²) in [6.07, 6.45) is -4.76. The highest BCUT2D eigenvalue weighted by Crippen LogP contribution is 2.33. The summed E-state index contributed by atoms with van der Waals surface area (Å²) in [6.45, 7) is 1.27. The number of alkyl halides is 3. The van der Waals surface area contributed by atoms with E-state index in [0.717, 1.165) is 12.1 Å². The summed E-state index contributed by atoms with van der Waals surface area (Å²) in [6, 6.07) is 9.24. The molecule has 174 valence electrons. The third-order valence-electron chi connectivity index (χ3n) is 4.80. The second-order valence-electron chi connectivity index (χ2n) is 7.58. The van der Waals surface area contributed by atoms with Crippen LogP contribution in [0.25, 0.3) is 21.3 Å². The lowest BCUT2D eigenvalue weighted by Gasteiger charge is -2.10. The van der Waals surface area contributed by atoms with Gasteiger partial charge >= 0.3 is 6.36 Å². The fourth-order valence-electron chi connectivity index (χ4n) is 3.20. The number of aromatic nitrogens is 3. The Labute approximate surface area is 191 Å². The fraction of sp³-hybridized carbons (Fsp3) is 0.286. The molecule has 2 heterocycles.